The van der Waals surface area contributed by atoms with Gasteiger partial charge >= 0.3 is 6.18 Å². The van der Waals surface area contributed by atoms with Gasteiger partial charge in [0.25, 0.3) is 0 Å². The number of ether oxygens (including phenoxy) is 2. The van der Waals surface area contributed by atoms with E-state index in [2.05, 4.69) is 0 Å². The fourth-order valence-corrected chi connectivity index (χ4v) is 2.92. The zero-order valence-corrected chi connectivity index (χ0v) is 16.5. The van der Waals surface area contributed by atoms with Gasteiger partial charge in [0.05, 0.1) is 7.11 Å². The molecule has 1 heterocycles. The van der Waals surface area contributed by atoms with Crippen LogP contribution in [-0.4, -0.2) is 30.2 Å². The summed E-state index contributed by atoms with van der Waals surface area (Å²) in [6.45, 7) is 1.48. The molecule has 0 spiro atoms. The highest BCUT2D eigenvalue weighted by Gasteiger charge is 2.30. The van der Waals surface area contributed by atoms with Gasteiger partial charge in [-0.05, 0) is 43.7 Å². The lowest BCUT2D eigenvalue weighted by Crippen LogP contribution is -2.19. The SMILES string of the molecule is COc1cc(/C=C(\C#N)C(=O)c2cc(C)n(CC(F)(F)F)c2C)ccc1OCC#N. The molecule has 0 aliphatic heterocycles. The Morgan fingerprint density at radius 2 is 1.90 bits per heavy atom. The zero-order valence-electron chi connectivity index (χ0n) is 16.5. The Kier molecular flexibility index (Phi) is 6.91. The third kappa shape index (κ3) is 5.21. The van der Waals surface area contributed by atoms with Gasteiger partial charge in [0.2, 0.25) is 5.78 Å². The second kappa shape index (κ2) is 9.19. The van der Waals surface area contributed by atoms with Crippen LogP contribution in [0.3, 0.4) is 0 Å². The van der Waals surface area contributed by atoms with E-state index in [-0.39, 0.29) is 29.1 Å². The van der Waals surface area contributed by atoms with E-state index in [1.54, 1.807) is 12.1 Å². The maximum absolute atomic E-state index is 12.8. The van der Waals surface area contributed by atoms with Gasteiger partial charge in [0.15, 0.2) is 18.1 Å². The number of allylic oxidation sites excluding steroid dienone is 1. The van der Waals surface area contributed by atoms with Crippen molar-refractivity contribution in [1.82, 2.24) is 4.57 Å². The standard InChI is InChI=1S/C21H18F3N3O3/c1-13-8-17(14(2)27(13)12-21(22,23)24)20(28)16(11-26)9-15-4-5-18(30-7-6-25)19(10-15)29-3/h4-5,8-10H,7,12H2,1-3H3/b16-9+. The van der Waals surface area contributed by atoms with E-state index in [0.29, 0.717) is 17.1 Å². The minimum absolute atomic E-state index is 0.0329. The van der Waals surface area contributed by atoms with E-state index in [9.17, 15) is 23.2 Å². The van der Waals surface area contributed by atoms with Crippen molar-refractivity contribution in [1.29, 1.82) is 10.5 Å². The van der Waals surface area contributed by atoms with Gasteiger partial charge in [-0.1, -0.05) is 6.07 Å². The topological polar surface area (TPSA) is 88.0 Å². The molecule has 30 heavy (non-hydrogen) atoms. The smallest absolute Gasteiger partial charge is 0.406 e. The Bertz CT molecular complexity index is 1070. The molecule has 0 saturated heterocycles. The molecule has 0 radical (unpaired) electrons. The lowest BCUT2D eigenvalue weighted by molar-refractivity contribution is -0.141. The predicted molar refractivity (Wildman–Crippen MR) is 102 cm³/mol. The number of nitrogens with zero attached hydrogens (tertiary/aromatic N) is 3. The number of rotatable bonds is 7. The summed E-state index contributed by atoms with van der Waals surface area (Å²) in [5.41, 5.74) is 0.644. The van der Waals surface area contributed by atoms with Crippen LogP contribution >= 0.6 is 0 Å². The molecule has 2 aromatic rings. The molecule has 0 atom stereocenters. The molecule has 0 N–H and O–H groups in total. The number of aromatic nitrogens is 1. The van der Waals surface area contributed by atoms with Crippen LogP contribution in [0.2, 0.25) is 0 Å². The molecule has 1 aromatic carbocycles. The van der Waals surface area contributed by atoms with Crippen LogP contribution in [0.5, 0.6) is 11.5 Å². The molecule has 0 aliphatic rings. The van der Waals surface area contributed by atoms with Gasteiger partial charge in [0.1, 0.15) is 24.3 Å². The van der Waals surface area contributed by atoms with Crippen molar-refractivity contribution in [2.24, 2.45) is 0 Å². The van der Waals surface area contributed by atoms with Crippen molar-refractivity contribution >= 4 is 11.9 Å². The van der Waals surface area contributed by atoms with Gasteiger partial charge in [-0.15, -0.1) is 0 Å². The van der Waals surface area contributed by atoms with Crippen LogP contribution < -0.4 is 9.47 Å². The highest BCUT2D eigenvalue weighted by atomic mass is 19.4. The summed E-state index contributed by atoms with van der Waals surface area (Å²) in [6, 6.07) is 9.58. The first-order chi connectivity index (χ1) is 14.1. The number of hydrogen-bond donors (Lipinski definition) is 0. The number of halogens is 3. The number of carbonyl (C=O) groups excluding carboxylic acids is 1. The van der Waals surface area contributed by atoms with E-state index >= 15 is 0 Å². The number of alkyl halides is 3. The first-order valence-electron chi connectivity index (χ1n) is 8.69. The molecule has 156 valence electrons. The van der Waals surface area contributed by atoms with Crippen molar-refractivity contribution in [2.75, 3.05) is 13.7 Å². The van der Waals surface area contributed by atoms with Gasteiger partial charge in [-0.25, -0.2) is 0 Å². The predicted octanol–water partition coefficient (Wildman–Crippen LogP) is 4.37. The largest absolute Gasteiger partial charge is 0.493 e. The molecule has 6 nitrogen and oxygen atoms in total. The van der Waals surface area contributed by atoms with Crippen molar-refractivity contribution in [2.45, 2.75) is 26.6 Å². The van der Waals surface area contributed by atoms with E-state index in [4.69, 9.17) is 14.7 Å². The minimum Gasteiger partial charge on any atom is -0.493 e. The molecule has 0 saturated carbocycles. The highest BCUT2D eigenvalue weighted by Crippen LogP contribution is 2.30. The number of ketones is 1. The fourth-order valence-electron chi connectivity index (χ4n) is 2.92. The van der Waals surface area contributed by atoms with Crippen molar-refractivity contribution in [3.63, 3.8) is 0 Å². The molecule has 2 rings (SSSR count). The van der Waals surface area contributed by atoms with E-state index in [1.807, 2.05) is 6.07 Å². The van der Waals surface area contributed by atoms with Gasteiger partial charge in [-0.3, -0.25) is 4.79 Å². The maximum atomic E-state index is 12.8. The average Bonchev–Trinajstić information content (AvgIpc) is 2.97. The van der Waals surface area contributed by atoms with Crippen LogP contribution in [0.4, 0.5) is 13.2 Å². The Balaban J connectivity index is 2.40. The Hall–Kier alpha value is -3.72. The molecule has 1 aromatic heterocycles. The quantitative estimate of drug-likeness (QED) is 0.379. The highest BCUT2D eigenvalue weighted by molar-refractivity contribution is 6.14. The van der Waals surface area contributed by atoms with Crippen LogP contribution in [0, 0.1) is 36.5 Å². The molecular weight excluding hydrogens is 399 g/mol. The van der Waals surface area contributed by atoms with Crippen LogP contribution in [0.25, 0.3) is 6.08 Å². The molecule has 9 heteroatoms. The summed E-state index contributed by atoms with van der Waals surface area (Å²) in [5.74, 6) is -0.0633. The second-order valence-electron chi connectivity index (χ2n) is 6.34. The van der Waals surface area contributed by atoms with Gasteiger partial charge in [0, 0.05) is 17.0 Å². The minimum atomic E-state index is -4.44. The fraction of sp³-hybridized carbons (Fsp3) is 0.286. The van der Waals surface area contributed by atoms with E-state index in [0.717, 1.165) is 4.57 Å². The van der Waals surface area contributed by atoms with E-state index in [1.165, 1.54) is 45.2 Å². The maximum Gasteiger partial charge on any atom is 0.406 e. The normalized spacial score (nSPS) is 11.5. The van der Waals surface area contributed by atoms with Crippen molar-refractivity contribution < 1.29 is 27.4 Å². The molecule has 0 unspecified atom stereocenters. The van der Waals surface area contributed by atoms with Crippen LogP contribution in [0.15, 0.2) is 29.8 Å². The third-order valence-electron chi connectivity index (χ3n) is 4.31. The first-order valence-corrected chi connectivity index (χ1v) is 8.69. The monoisotopic (exact) mass is 417 g/mol. The number of nitriles is 2. The van der Waals surface area contributed by atoms with E-state index < -0.39 is 18.5 Å². The molecule has 0 fully saturated rings. The number of Topliss-reactive ketones (excluding diaryl/α,β-unsaturated/α-hetero) is 1. The number of aryl methyl sites for hydroxylation is 1. The number of methoxy groups -OCH3 is 1. The lowest BCUT2D eigenvalue weighted by atomic mass is 10.0. The summed E-state index contributed by atoms with van der Waals surface area (Å²) in [7, 11) is 1.40. The zero-order chi connectivity index (χ0) is 22.5. The summed E-state index contributed by atoms with van der Waals surface area (Å²) >= 11 is 0. The summed E-state index contributed by atoms with van der Waals surface area (Å²) < 4.78 is 49.8. The van der Waals surface area contributed by atoms with Crippen molar-refractivity contribution in [3.05, 3.63) is 52.4 Å². The summed E-state index contributed by atoms with van der Waals surface area (Å²) in [4.78, 5) is 12.8. The van der Waals surface area contributed by atoms with Crippen molar-refractivity contribution in [3.8, 4) is 23.6 Å². The number of benzene rings is 1. The first kappa shape index (κ1) is 22.6. The van der Waals surface area contributed by atoms with Crippen LogP contribution in [0.1, 0.15) is 27.3 Å². The summed E-state index contributed by atoms with van der Waals surface area (Å²) in [5, 5.41) is 18.1. The molecule has 0 aliphatic carbocycles. The lowest BCUT2D eigenvalue weighted by Gasteiger charge is -2.12. The van der Waals surface area contributed by atoms with Gasteiger partial charge in [-0.2, -0.15) is 23.7 Å². The summed E-state index contributed by atoms with van der Waals surface area (Å²) in [6.07, 6.45) is -3.12. The molecule has 0 amide bonds. The number of carbonyl (C=O) groups is 1. The average molecular weight is 417 g/mol. The number of hydrogen-bond acceptors (Lipinski definition) is 5. The van der Waals surface area contributed by atoms with Gasteiger partial charge < -0.3 is 14.0 Å². The van der Waals surface area contributed by atoms with Crippen LogP contribution in [-0.2, 0) is 6.54 Å². The Morgan fingerprint density at radius 1 is 1.20 bits per heavy atom. The Morgan fingerprint density at radius 3 is 2.47 bits per heavy atom. The molecular formula is C21H18F3N3O3. The second-order valence-corrected chi connectivity index (χ2v) is 6.34. The molecule has 0 bridgehead atoms. The third-order valence-corrected chi connectivity index (χ3v) is 4.31. The Labute approximate surface area is 171 Å².